The summed E-state index contributed by atoms with van der Waals surface area (Å²) in [5, 5.41) is 0.941. The van der Waals surface area contributed by atoms with Gasteiger partial charge in [-0.1, -0.05) is 0 Å². The van der Waals surface area contributed by atoms with Gasteiger partial charge in [0.15, 0.2) is 0 Å². The van der Waals surface area contributed by atoms with Gasteiger partial charge in [-0.2, -0.15) is 0 Å². The van der Waals surface area contributed by atoms with Crippen molar-refractivity contribution in [1.29, 1.82) is 0 Å². The molecule has 0 amide bonds. The van der Waals surface area contributed by atoms with Gasteiger partial charge in [-0.15, -0.1) is 0 Å². The minimum atomic E-state index is -0.310. The van der Waals surface area contributed by atoms with Crippen LogP contribution in [0, 0.1) is 0 Å². The Morgan fingerprint density at radius 3 is 2.64 bits per heavy atom. The van der Waals surface area contributed by atoms with E-state index < -0.39 is 0 Å². The molecule has 1 aromatic carbocycles. The fourth-order valence-corrected chi connectivity index (χ4v) is 1.34. The molecule has 0 radical (unpaired) electrons. The first-order valence-electron chi connectivity index (χ1n) is 4.38. The number of hydrogen-bond donors (Lipinski definition) is 0. The van der Waals surface area contributed by atoms with E-state index in [1.54, 1.807) is 6.07 Å². The molecule has 0 unspecified atom stereocenters. The molecule has 0 atom stereocenters. The minimum Gasteiger partial charge on any atom is -0.423 e. The minimum absolute atomic E-state index is 0.310. The van der Waals surface area contributed by atoms with Crippen LogP contribution in [0.25, 0.3) is 11.0 Å². The topological polar surface area (TPSA) is 33.5 Å². The zero-order valence-electron chi connectivity index (χ0n) is 8.15. The van der Waals surface area contributed by atoms with Gasteiger partial charge in [0, 0.05) is 31.2 Å². The Kier molecular flexibility index (Phi) is 2.00. The van der Waals surface area contributed by atoms with Crippen LogP contribution in [0.1, 0.15) is 0 Å². The van der Waals surface area contributed by atoms with Gasteiger partial charge >= 0.3 is 5.63 Å². The lowest BCUT2D eigenvalue weighted by Crippen LogP contribution is -2.08. The maximum atomic E-state index is 10.9. The summed E-state index contributed by atoms with van der Waals surface area (Å²) in [4.78, 5) is 12.9. The largest absolute Gasteiger partial charge is 0.423 e. The van der Waals surface area contributed by atoms with E-state index in [1.807, 2.05) is 37.2 Å². The molecule has 0 aliphatic carbocycles. The molecule has 2 rings (SSSR count). The molecule has 0 fully saturated rings. The van der Waals surface area contributed by atoms with Crippen molar-refractivity contribution >= 4 is 16.7 Å². The molecule has 0 N–H and O–H groups in total. The fourth-order valence-electron chi connectivity index (χ4n) is 1.34. The van der Waals surface area contributed by atoms with Crippen LogP contribution in [0.15, 0.2) is 39.5 Å². The quantitative estimate of drug-likeness (QED) is 0.642. The normalized spacial score (nSPS) is 10.4. The molecule has 3 heteroatoms. The van der Waals surface area contributed by atoms with Crippen LogP contribution in [-0.4, -0.2) is 14.1 Å². The number of anilines is 1. The van der Waals surface area contributed by atoms with Gasteiger partial charge in [-0.25, -0.2) is 4.79 Å². The Hall–Kier alpha value is -1.77. The van der Waals surface area contributed by atoms with Crippen molar-refractivity contribution in [3.8, 4) is 0 Å². The van der Waals surface area contributed by atoms with E-state index in [4.69, 9.17) is 4.42 Å². The molecule has 2 aromatic rings. The van der Waals surface area contributed by atoms with E-state index in [0.29, 0.717) is 5.58 Å². The van der Waals surface area contributed by atoms with Gasteiger partial charge < -0.3 is 9.32 Å². The molecule has 0 aliphatic rings. The highest BCUT2D eigenvalue weighted by Crippen LogP contribution is 2.19. The monoisotopic (exact) mass is 189 g/mol. The van der Waals surface area contributed by atoms with Crippen molar-refractivity contribution in [3.05, 3.63) is 40.8 Å². The first-order valence-corrected chi connectivity index (χ1v) is 4.38. The molecular formula is C11H11NO2. The van der Waals surface area contributed by atoms with Crippen LogP contribution >= 0.6 is 0 Å². The predicted octanol–water partition coefficient (Wildman–Crippen LogP) is 1.86. The lowest BCUT2D eigenvalue weighted by molar-refractivity contribution is 0.561. The van der Waals surface area contributed by atoms with Crippen LogP contribution in [0.4, 0.5) is 5.69 Å². The Balaban J connectivity index is 2.67. The highest BCUT2D eigenvalue weighted by atomic mass is 16.4. The summed E-state index contributed by atoms with van der Waals surface area (Å²) < 4.78 is 5.02. The van der Waals surface area contributed by atoms with Gasteiger partial charge in [-0.05, 0) is 24.3 Å². The fraction of sp³-hybridized carbons (Fsp3) is 0.182. The average Bonchev–Trinajstić information content (AvgIpc) is 2.16. The second kappa shape index (κ2) is 3.18. The SMILES string of the molecule is CN(C)c1ccc2oc(=O)ccc2c1. The first-order chi connectivity index (χ1) is 6.66. The number of nitrogens with zero attached hydrogens (tertiary/aromatic N) is 1. The summed E-state index contributed by atoms with van der Waals surface area (Å²) in [6.45, 7) is 0. The summed E-state index contributed by atoms with van der Waals surface area (Å²) in [5.41, 5.74) is 1.41. The third-order valence-corrected chi connectivity index (χ3v) is 2.12. The van der Waals surface area contributed by atoms with Gasteiger partial charge in [0.05, 0.1) is 0 Å². The highest BCUT2D eigenvalue weighted by molar-refractivity contribution is 5.80. The highest BCUT2D eigenvalue weighted by Gasteiger charge is 1.99. The molecule has 0 saturated heterocycles. The van der Waals surface area contributed by atoms with E-state index in [2.05, 4.69) is 0 Å². The number of benzene rings is 1. The lowest BCUT2D eigenvalue weighted by atomic mass is 10.2. The summed E-state index contributed by atoms with van der Waals surface area (Å²) in [5.74, 6) is 0. The van der Waals surface area contributed by atoms with E-state index in [0.717, 1.165) is 11.1 Å². The Labute approximate surface area is 81.6 Å². The Morgan fingerprint density at radius 2 is 1.93 bits per heavy atom. The van der Waals surface area contributed by atoms with Crippen LogP contribution in [0.2, 0.25) is 0 Å². The van der Waals surface area contributed by atoms with E-state index in [9.17, 15) is 4.79 Å². The van der Waals surface area contributed by atoms with Gasteiger partial charge in [-0.3, -0.25) is 0 Å². The predicted molar refractivity (Wildman–Crippen MR) is 56.8 cm³/mol. The molecule has 0 spiro atoms. The van der Waals surface area contributed by atoms with Crippen molar-refractivity contribution in [2.24, 2.45) is 0 Å². The summed E-state index contributed by atoms with van der Waals surface area (Å²) in [6, 6.07) is 8.92. The maximum Gasteiger partial charge on any atom is 0.336 e. The zero-order chi connectivity index (χ0) is 10.1. The Bertz CT molecular complexity index is 514. The molecule has 0 aliphatic heterocycles. The molecular weight excluding hydrogens is 178 g/mol. The molecule has 0 saturated carbocycles. The molecule has 14 heavy (non-hydrogen) atoms. The smallest absolute Gasteiger partial charge is 0.336 e. The Morgan fingerprint density at radius 1 is 1.14 bits per heavy atom. The summed E-state index contributed by atoms with van der Waals surface area (Å²) >= 11 is 0. The van der Waals surface area contributed by atoms with E-state index in [-0.39, 0.29) is 5.63 Å². The standard InChI is InChI=1S/C11H11NO2/c1-12(2)9-4-5-10-8(7-9)3-6-11(13)14-10/h3-7H,1-2H3. The van der Waals surface area contributed by atoms with Crippen LogP contribution < -0.4 is 10.5 Å². The number of rotatable bonds is 1. The van der Waals surface area contributed by atoms with Crippen molar-refractivity contribution < 1.29 is 4.42 Å². The van der Waals surface area contributed by atoms with Crippen molar-refractivity contribution in [1.82, 2.24) is 0 Å². The average molecular weight is 189 g/mol. The molecule has 72 valence electrons. The molecule has 3 nitrogen and oxygen atoms in total. The van der Waals surface area contributed by atoms with E-state index in [1.165, 1.54) is 6.07 Å². The third-order valence-electron chi connectivity index (χ3n) is 2.12. The lowest BCUT2D eigenvalue weighted by Gasteiger charge is -2.12. The van der Waals surface area contributed by atoms with Crippen molar-refractivity contribution in [2.75, 3.05) is 19.0 Å². The zero-order valence-corrected chi connectivity index (χ0v) is 8.15. The second-order valence-corrected chi connectivity index (χ2v) is 3.37. The second-order valence-electron chi connectivity index (χ2n) is 3.37. The van der Waals surface area contributed by atoms with Crippen molar-refractivity contribution in [3.63, 3.8) is 0 Å². The first kappa shape index (κ1) is 8.81. The van der Waals surface area contributed by atoms with E-state index >= 15 is 0 Å². The summed E-state index contributed by atoms with van der Waals surface area (Å²) in [7, 11) is 3.94. The van der Waals surface area contributed by atoms with Crippen LogP contribution in [-0.2, 0) is 0 Å². The third kappa shape index (κ3) is 1.48. The van der Waals surface area contributed by atoms with Crippen LogP contribution in [0.3, 0.4) is 0 Å². The maximum absolute atomic E-state index is 10.9. The van der Waals surface area contributed by atoms with Gasteiger partial charge in [0.2, 0.25) is 0 Å². The molecule has 1 heterocycles. The van der Waals surface area contributed by atoms with Crippen molar-refractivity contribution in [2.45, 2.75) is 0 Å². The van der Waals surface area contributed by atoms with Gasteiger partial charge in [0.1, 0.15) is 5.58 Å². The summed E-state index contributed by atoms with van der Waals surface area (Å²) in [6.07, 6.45) is 0. The number of fused-ring (bicyclic) bond motifs is 1. The van der Waals surface area contributed by atoms with Crippen LogP contribution in [0.5, 0.6) is 0 Å². The molecule has 1 aromatic heterocycles. The molecule has 0 bridgehead atoms. The number of hydrogen-bond acceptors (Lipinski definition) is 3. The van der Waals surface area contributed by atoms with Gasteiger partial charge in [0.25, 0.3) is 0 Å².